The molecule has 12 heavy (non-hydrogen) atoms. The summed E-state index contributed by atoms with van der Waals surface area (Å²) in [5, 5.41) is 8.20. The number of nitrogens with two attached hydrogens (primary N) is 1. The third kappa shape index (κ3) is 1.07. The highest BCUT2D eigenvalue weighted by Crippen LogP contribution is 2.29. The molecule has 1 aliphatic rings. The molecule has 0 spiro atoms. The first-order chi connectivity index (χ1) is 5.62. The molecule has 1 aliphatic heterocycles. The molecule has 0 amide bonds. The fourth-order valence-corrected chi connectivity index (χ4v) is 1.85. The van der Waals surface area contributed by atoms with Crippen LogP contribution in [0.15, 0.2) is 4.60 Å². The number of ether oxygens (including phenoxy) is 1. The van der Waals surface area contributed by atoms with E-state index in [4.69, 9.17) is 10.5 Å². The van der Waals surface area contributed by atoms with Crippen LogP contribution in [-0.2, 0) is 17.3 Å². The maximum absolute atomic E-state index is 5.97. The second kappa shape index (κ2) is 2.51. The van der Waals surface area contributed by atoms with Gasteiger partial charge in [0.15, 0.2) is 4.60 Å². The van der Waals surface area contributed by atoms with Crippen molar-refractivity contribution < 1.29 is 4.74 Å². The summed E-state index contributed by atoms with van der Waals surface area (Å²) in [7, 11) is 1.76. The average molecular weight is 233 g/mol. The minimum atomic E-state index is -0.437. The smallest absolute Gasteiger partial charge is 0.153 e. The van der Waals surface area contributed by atoms with E-state index in [9.17, 15) is 0 Å². The standard InChI is InChI=1S/C6H9BrN4O/c1-11-9-4(5(7)10-11)6(8)2-12-3-6/h2-3,8H2,1H3. The quantitative estimate of drug-likeness (QED) is 0.727. The molecule has 0 aliphatic carbocycles. The minimum absolute atomic E-state index is 0.437. The normalized spacial score (nSPS) is 20.6. The lowest BCUT2D eigenvalue weighted by atomic mass is 9.96. The van der Waals surface area contributed by atoms with Gasteiger partial charge in [-0.15, -0.1) is 5.10 Å². The zero-order chi connectivity index (χ0) is 8.77. The van der Waals surface area contributed by atoms with E-state index < -0.39 is 5.54 Å². The van der Waals surface area contributed by atoms with Gasteiger partial charge in [-0.25, -0.2) is 0 Å². The van der Waals surface area contributed by atoms with Crippen LogP contribution >= 0.6 is 15.9 Å². The summed E-state index contributed by atoms with van der Waals surface area (Å²) in [6.07, 6.45) is 0. The largest absolute Gasteiger partial charge is 0.377 e. The van der Waals surface area contributed by atoms with Gasteiger partial charge in [0.1, 0.15) is 11.2 Å². The molecule has 0 bridgehead atoms. The Hall–Kier alpha value is -0.460. The number of halogens is 1. The topological polar surface area (TPSA) is 66.0 Å². The third-order valence-electron chi connectivity index (χ3n) is 1.86. The molecule has 0 aromatic carbocycles. The molecule has 0 unspecified atom stereocenters. The fraction of sp³-hybridized carbons (Fsp3) is 0.667. The van der Waals surface area contributed by atoms with Crippen molar-refractivity contribution in [2.24, 2.45) is 12.8 Å². The molecule has 0 radical (unpaired) electrons. The summed E-state index contributed by atoms with van der Waals surface area (Å²) in [6, 6.07) is 0. The molecule has 0 saturated carbocycles. The van der Waals surface area contributed by atoms with Gasteiger partial charge in [-0.05, 0) is 15.9 Å². The van der Waals surface area contributed by atoms with Crippen LogP contribution in [0, 0.1) is 0 Å². The van der Waals surface area contributed by atoms with E-state index in [-0.39, 0.29) is 0 Å². The number of nitrogens with zero attached hydrogens (tertiary/aromatic N) is 3. The second-order valence-corrected chi connectivity index (χ2v) is 3.73. The summed E-state index contributed by atoms with van der Waals surface area (Å²) in [6.45, 7) is 1.04. The molecule has 1 fully saturated rings. The van der Waals surface area contributed by atoms with E-state index in [1.54, 1.807) is 7.05 Å². The number of rotatable bonds is 1. The Morgan fingerprint density at radius 2 is 2.25 bits per heavy atom. The Labute approximate surface area is 78.0 Å². The van der Waals surface area contributed by atoms with Gasteiger partial charge in [0.25, 0.3) is 0 Å². The first-order valence-electron chi connectivity index (χ1n) is 3.56. The highest BCUT2D eigenvalue weighted by atomic mass is 79.9. The van der Waals surface area contributed by atoms with Gasteiger partial charge >= 0.3 is 0 Å². The molecule has 0 atom stereocenters. The van der Waals surface area contributed by atoms with E-state index in [0.717, 1.165) is 5.69 Å². The number of hydrogen-bond donors (Lipinski definition) is 1. The molecular formula is C6H9BrN4O. The Morgan fingerprint density at radius 1 is 1.58 bits per heavy atom. The van der Waals surface area contributed by atoms with Crippen molar-refractivity contribution in [1.29, 1.82) is 0 Å². The van der Waals surface area contributed by atoms with E-state index >= 15 is 0 Å². The molecular weight excluding hydrogens is 224 g/mol. The highest BCUT2D eigenvalue weighted by molar-refractivity contribution is 9.10. The first-order valence-corrected chi connectivity index (χ1v) is 4.35. The van der Waals surface area contributed by atoms with Gasteiger partial charge in [-0.2, -0.15) is 9.90 Å². The van der Waals surface area contributed by atoms with Crippen LogP contribution in [0.25, 0.3) is 0 Å². The zero-order valence-corrected chi connectivity index (χ0v) is 8.21. The Bertz CT molecular complexity index is 306. The van der Waals surface area contributed by atoms with Crippen molar-refractivity contribution >= 4 is 15.9 Å². The third-order valence-corrected chi connectivity index (χ3v) is 2.40. The van der Waals surface area contributed by atoms with E-state index in [1.165, 1.54) is 4.80 Å². The van der Waals surface area contributed by atoms with Crippen LogP contribution in [0.1, 0.15) is 5.69 Å². The van der Waals surface area contributed by atoms with E-state index in [2.05, 4.69) is 26.1 Å². The van der Waals surface area contributed by atoms with Gasteiger partial charge in [0.2, 0.25) is 0 Å². The highest BCUT2D eigenvalue weighted by Gasteiger charge is 2.40. The summed E-state index contributed by atoms with van der Waals surface area (Å²) in [5.74, 6) is 0. The monoisotopic (exact) mass is 232 g/mol. The molecule has 5 nitrogen and oxygen atoms in total. The van der Waals surface area contributed by atoms with Crippen molar-refractivity contribution in [1.82, 2.24) is 15.0 Å². The summed E-state index contributed by atoms with van der Waals surface area (Å²) in [5.41, 5.74) is 6.30. The van der Waals surface area contributed by atoms with Crippen LogP contribution < -0.4 is 5.73 Å². The molecule has 1 aromatic heterocycles. The maximum Gasteiger partial charge on any atom is 0.153 e. The molecule has 1 saturated heterocycles. The predicted octanol–water partition coefficient (Wildman–Crippen LogP) is -0.238. The average Bonchev–Trinajstić information content (AvgIpc) is 2.25. The Balaban J connectivity index is 2.38. The molecule has 66 valence electrons. The van der Waals surface area contributed by atoms with Crippen LogP contribution in [0.5, 0.6) is 0 Å². The van der Waals surface area contributed by atoms with Crippen molar-refractivity contribution in [3.8, 4) is 0 Å². The number of aromatic nitrogens is 3. The van der Waals surface area contributed by atoms with Crippen LogP contribution in [0.4, 0.5) is 0 Å². The summed E-state index contributed by atoms with van der Waals surface area (Å²) in [4.78, 5) is 1.49. The Kier molecular flexibility index (Phi) is 1.71. The SMILES string of the molecule is Cn1nc(Br)c(C2(N)COC2)n1. The van der Waals surface area contributed by atoms with E-state index in [0.29, 0.717) is 17.8 Å². The van der Waals surface area contributed by atoms with Crippen LogP contribution in [0.3, 0.4) is 0 Å². The fourth-order valence-electron chi connectivity index (χ4n) is 1.15. The minimum Gasteiger partial charge on any atom is -0.377 e. The predicted molar refractivity (Wildman–Crippen MR) is 45.4 cm³/mol. The summed E-state index contributed by atoms with van der Waals surface area (Å²) >= 11 is 3.30. The first kappa shape index (κ1) is 8.15. The number of hydrogen-bond acceptors (Lipinski definition) is 4. The van der Waals surface area contributed by atoms with Gasteiger partial charge in [-0.3, -0.25) is 0 Å². The van der Waals surface area contributed by atoms with Crippen LogP contribution in [-0.4, -0.2) is 28.2 Å². The number of aryl methyl sites for hydroxylation is 1. The van der Waals surface area contributed by atoms with Crippen LogP contribution in [0.2, 0.25) is 0 Å². The molecule has 2 rings (SSSR count). The molecule has 6 heteroatoms. The zero-order valence-electron chi connectivity index (χ0n) is 6.62. The van der Waals surface area contributed by atoms with Crippen molar-refractivity contribution in [3.63, 3.8) is 0 Å². The lowest BCUT2D eigenvalue weighted by Crippen LogP contribution is -2.54. The summed E-state index contributed by atoms with van der Waals surface area (Å²) < 4.78 is 5.74. The Morgan fingerprint density at radius 3 is 2.58 bits per heavy atom. The van der Waals surface area contributed by atoms with Gasteiger partial charge < -0.3 is 10.5 Å². The molecule has 1 aromatic rings. The van der Waals surface area contributed by atoms with Gasteiger partial charge in [0.05, 0.1) is 13.2 Å². The van der Waals surface area contributed by atoms with Gasteiger partial charge in [-0.1, -0.05) is 0 Å². The maximum atomic E-state index is 5.97. The van der Waals surface area contributed by atoms with Crippen molar-refractivity contribution in [2.45, 2.75) is 5.54 Å². The van der Waals surface area contributed by atoms with Crippen molar-refractivity contribution in [3.05, 3.63) is 10.3 Å². The van der Waals surface area contributed by atoms with Gasteiger partial charge in [0, 0.05) is 7.05 Å². The molecule has 2 heterocycles. The lowest BCUT2D eigenvalue weighted by Gasteiger charge is -2.35. The lowest BCUT2D eigenvalue weighted by molar-refractivity contribution is -0.0596. The molecule has 2 N–H and O–H groups in total. The second-order valence-electron chi connectivity index (χ2n) is 2.98. The van der Waals surface area contributed by atoms with E-state index in [1.807, 2.05) is 0 Å². The van der Waals surface area contributed by atoms with Crippen molar-refractivity contribution in [2.75, 3.05) is 13.2 Å².